The maximum absolute atomic E-state index is 10.7. The van der Waals surface area contributed by atoms with E-state index in [9.17, 15) is 10.2 Å². The van der Waals surface area contributed by atoms with Crippen molar-refractivity contribution in [2.75, 3.05) is 12.3 Å². The fourth-order valence-electron chi connectivity index (χ4n) is 2.41. The molecule has 1 atom stereocenters. The van der Waals surface area contributed by atoms with Gasteiger partial charge >= 0.3 is 0 Å². The molecule has 0 fully saturated rings. The Hall–Kier alpha value is -2.20. The molecular formula is C19H25NO3. The highest BCUT2D eigenvalue weighted by Crippen LogP contribution is 2.38. The van der Waals surface area contributed by atoms with Crippen LogP contribution in [0.3, 0.4) is 0 Å². The summed E-state index contributed by atoms with van der Waals surface area (Å²) in [6.45, 7) is 8.69. The van der Waals surface area contributed by atoms with Crippen LogP contribution in [0.1, 0.15) is 50.5 Å². The summed E-state index contributed by atoms with van der Waals surface area (Å²) in [7, 11) is 0. The molecule has 2 rings (SSSR count). The Morgan fingerprint density at radius 2 is 1.74 bits per heavy atom. The summed E-state index contributed by atoms with van der Waals surface area (Å²) in [6, 6.07) is 10.7. The summed E-state index contributed by atoms with van der Waals surface area (Å²) < 4.78 is 5.40. The van der Waals surface area contributed by atoms with Crippen molar-refractivity contribution in [3.05, 3.63) is 53.1 Å². The molecule has 0 amide bonds. The number of anilines is 1. The van der Waals surface area contributed by atoms with E-state index in [2.05, 4.69) is 20.8 Å². The second-order valence-electron chi connectivity index (χ2n) is 6.66. The van der Waals surface area contributed by atoms with Crippen molar-refractivity contribution in [2.24, 2.45) is 0 Å². The van der Waals surface area contributed by atoms with Crippen molar-refractivity contribution >= 4 is 5.69 Å². The molecular weight excluding hydrogens is 290 g/mol. The van der Waals surface area contributed by atoms with Crippen LogP contribution in [0.5, 0.6) is 11.5 Å². The third-order valence-corrected chi connectivity index (χ3v) is 3.84. The zero-order chi connectivity index (χ0) is 17.2. The first kappa shape index (κ1) is 17.2. The van der Waals surface area contributed by atoms with Crippen LogP contribution in [0.2, 0.25) is 0 Å². The van der Waals surface area contributed by atoms with Crippen LogP contribution in [0.4, 0.5) is 5.69 Å². The van der Waals surface area contributed by atoms with E-state index in [4.69, 9.17) is 10.5 Å². The summed E-state index contributed by atoms with van der Waals surface area (Å²) in [6.07, 6.45) is -0.949. The molecule has 4 N–H and O–H groups in total. The molecule has 0 saturated carbocycles. The zero-order valence-electron chi connectivity index (χ0n) is 14.1. The quantitative estimate of drug-likeness (QED) is 0.593. The minimum atomic E-state index is -0.949. The summed E-state index contributed by atoms with van der Waals surface area (Å²) in [5, 5.41) is 20.9. The molecule has 2 aromatic carbocycles. The third-order valence-electron chi connectivity index (χ3n) is 3.84. The maximum Gasteiger partial charge on any atom is 0.144 e. The van der Waals surface area contributed by atoms with Crippen molar-refractivity contribution in [3.8, 4) is 11.5 Å². The molecule has 0 aliphatic rings. The predicted molar refractivity (Wildman–Crippen MR) is 92.9 cm³/mol. The minimum Gasteiger partial charge on any atom is -0.505 e. The molecule has 0 bridgehead atoms. The molecule has 0 heterocycles. The highest BCUT2D eigenvalue weighted by Gasteiger charge is 2.22. The average molecular weight is 315 g/mol. The van der Waals surface area contributed by atoms with Gasteiger partial charge in [0.25, 0.3) is 0 Å². The summed E-state index contributed by atoms with van der Waals surface area (Å²) in [5.41, 5.74) is 8.12. The molecule has 0 spiro atoms. The fraction of sp³-hybridized carbons (Fsp3) is 0.368. The molecule has 0 aliphatic carbocycles. The highest BCUT2D eigenvalue weighted by molar-refractivity contribution is 5.60. The monoisotopic (exact) mass is 315 g/mol. The number of ether oxygens (including phenoxy) is 1. The van der Waals surface area contributed by atoms with Gasteiger partial charge in [0.2, 0.25) is 0 Å². The van der Waals surface area contributed by atoms with Crippen LogP contribution in [0.25, 0.3) is 0 Å². The van der Waals surface area contributed by atoms with Gasteiger partial charge in [-0.1, -0.05) is 32.9 Å². The van der Waals surface area contributed by atoms with Gasteiger partial charge in [0.15, 0.2) is 0 Å². The Kier molecular flexibility index (Phi) is 4.85. The predicted octanol–water partition coefficient (Wildman–Crippen LogP) is 3.75. The topological polar surface area (TPSA) is 75.7 Å². The first-order chi connectivity index (χ1) is 10.7. The first-order valence-electron chi connectivity index (χ1n) is 7.77. The summed E-state index contributed by atoms with van der Waals surface area (Å²) in [5.74, 6) is 0.676. The van der Waals surface area contributed by atoms with Crippen molar-refractivity contribution in [2.45, 2.75) is 39.2 Å². The largest absolute Gasteiger partial charge is 0.505 e. The van der Waals surface area contributed by atoms with Crippen molar-refractivity contribution < 1.29 is 14.9 Å². The standard InChI is InChI=1S/C19H25NO3/c1-5-23-14-8-6-12(7-9-14)17(21)15-10-13(19(2,3)4)11-16(20)18(15)22/h6-11,17,21-22H,5,20H2,1-4H3. The number of aromatic hydroxyl groups is 1. The molecule has 2 aromatic rings. The molecule has 4 nitrogen and oxygen atoms in total. The third kappa shape index (κ3) is 3.77. The van der Waals surface area contributed by atoms with Crippen LogP contribution in [0.15, 0.2) is 36.4 Å². The van der Waals surface area contributed by atoms with Gasteiger partial charge < -0.3 is 20.7 Å². The Morgan fingerprint density at radius 3 is 2.26 bits per heavy atom. The normalized spacial score (nSPS) is 12.9. The number of phenolic OH excluding ortho intramolecular Hbond substituents is 1. The lowest BCUT2D eigenvalue weighted by Gasteiger charge is -2.23. The van der Waals surface area contributed by atoms with Crippen LogP contribution in [-0.4, -0.2) is 16.8 Å². The maximum atomic E-state index is 10.7. The van der Waals surface area contributed by atoms with E-state index in [1.54, 1.807) is 30.3 Å². The van der Waals surface area contributed by atoms with Crippen LogP contribution in [0, 0.1) is 0 Å². The van der Waals surface area contributed by atoms with Gasteiger partial charge in [-0.05, 0) is 47.7 Å². The van der Waals surface area contributed by atoms with E-state index in [1.807, 2.05) is 13.0 Å². The van der Waals surface area contributed by atoms with Gasteiger partial charge in [-0.15, -0.1) is 0 Å². The molecule has 0 aromatic heterocycles. The lowest BCUT2D eigenvalue weighted by Crippen LogP contribution is -2.13. The average Bonchev–Trinajstić information content (AvgIpc) is 2.49. The van der Waals surface area contributed by atoms with Crippen LogP contribution >= 0.6 is 0 Å². The van der Waals surface area contributed by atoms with Gasteiger partial charge in [-0.25, -0.2) is 0 Å². The highest BCUT2D eigenvalue weighted by atomic mass is 16.5. The SMILES string of the molecule is CCOc1ccc(C(O)c2cc(C(C)(C)C)cc(N)c2O)cc1. The van der Waals surface area contributed by atoms with E-state index in [0.29, 0.717) is 17.7 Å². The Morgan fingerprint density at radius 1 is 1.13 bits per heavy atom. The summed E-state index contributed by atoms with van der Waals surface area (Å²) in [4.78, 5) is 0. The number of phenols is 1. The fourth-order valence-corrected chi connectivity index (χ4v) is 2.41. The van der Waals surface area contributed by atoms with E-state index in [-0.39, 0.29) is 16.9 Å². The Labute approximate surface area is 137 Å². The molecule has 124 valence electrons. The van der Waals surface area contributed by atoms with Gasteiger partial charge in [0, 0.05) is 5.56 Å². The molecule has 0 saturated heterocycles. The molecule has 0 radical (unpaired) electrons. The molecule has 1 unspecified atom stereocenters. The number of rotatable bonds is 4. The van der Waals surface area contributed by atoms with E-state index in [0.717, 1.165) is 11.3 Å². The van der Waals surface area contributed by atoms with Gasteiger partial charge in [-0.3, -0.25) is 0 Å². The first-order valence-corrected chi connectivity index (χ1v) is 7.77. The summed E-state index contributed by atoms with van der Waals surface area (Å²) >= 11 is 0. The Balaban J connectivity index is 2.42. The lowest BCUT2D eigenvalue weighted by atomic mass is 9.84. The van der Waals surface area contributed by atoms with E-state index >= 15 is 0 Å². The van der Waals surface area contributed by atoms with Gasteiger partial charge in [0.1, 0.15) is 17.6 Å². The zero-order valence-corrected chi connectivity index (χ0v) is 14.1. The molecule has 23 heavy (non-hydrogen) atoms. The number of aliphatic hydroxyl groups is 1. The Bertz CT molecular complexity index is 672. The van der Waals surface area contributed by atoms with Gasteiger partial charge in [0.05, 0.1) is 12.3 Å². The number of benzene rings is 2. The van der Waals surface area contributed by atoms with E-state index < -0.39 is 6.10 Å². The number of nitrogens with two attached hydrogens (primary N) is 1. The number of nitrogen functional groups attached to an aromatic ring is 1. The van der Waals surface area contributed by atoms with Crippen LogP contribution < -0.4 is 10.5 Å². The minimum absolute atomic E-state index is 0.0700. The van der Waals surface area contributed by atoms with Gasteiger partial charge in [-0.2, -0.15) is 0 Å². The number of hydrogen-bond acceptors (Lipinski definition) is 4. The number of aliphatic hydroxyl groups excluding tert-OH is 1. The second-order valence-corrected chi connectivity index (χ2v) is 6.66. The lowest BCUT2D eigenvalue weighted by molar-refractivity contribution is 0.215. The van der Waals surface area contributed by atoms with Crippen molar-refractivity contribution in [1.82, 2.24) is 0 Å². The second kappa shape index (κ2) is 6.50. The molecule has 4 heteroatoms. The van der Waals surface area contributed by atoms with E-state index in [1.165, 1.54) is 0 Å². The molecule has 0 aliphatic heterocycles. The number of hydrogen-bond donors (Lipinski definition) is 3. The smallest absolute Gasteiger partial charge is 0.144 e. The van der Waals surface area contributed by atoms with Crippen molar-refractivity contribution in [3.63, 3.8) is 0 Å². The van der Waals surface area contributed by atoms with Crippen molar-refractivity contribution in [1.29, 1.82) is 0 Å². The van der Waals surface area contributed by atoms with Crippen LogP contribution in [-0.2, 0) is 5.41 Å².